The number of para-hydroxylation sites is 1. The molecule has 0 spiro atoms. The Balaban J connectivity index is 2.85. The van der Waals surface area contributed by atoms with Gasteiger partial charge in [0.15, 0.2) is 0 Å². The number of hydrogen-bond acceptors (Lipinski definition) is 3. The Morgan fingerprint density at radius 2 is 1.90 bits per heavy atom. The molecule has 21 heavy (non-hydrogen) atoms. The van der Waals surface area contributed by atoms with Crippen molar-refractivity contribution in [3.63, 3.8) is 0 Å². The summed E-state index contributed by atoms with van der Waals surface area (Å²) in [6, 6.07) is 8.64. The maximum Gasteiger partial charge on any atom is 0.322 e. The first-order valence-corrected chi connectivity index (χ1v) is 6.71. The monoisotopic (exact) mass is 294 g/mol. The number of ether oxygens (including phenoxy) is 1. The molecular formula is C15H22N2O4. The fraction of sp³-hybridized carbons (Fsp3) is 0.467. The van der Waals surface area contributed by atoms with Gasteiger partial charge in [-0.1, -0.05) is 18.2 Å². The molecule has 116 valence electrons. The molecule has 0 fully saturated rings. The molecule has 0 radical (unpaired) electrons. The van der Waals surface area contributed by atoms with E-state index in [0.717, 1.165) is 0 Å². The highest BCUT2D eigenvalue weighted by Gasteiger charge is 2.24. The van der Waals surface area contributed by atoms with Crippen molar-refractivity contribution in [2.75, 3.05) is 25.2 Å². The minimum absolute atomic E-state index is 0.105. The van der Waals surface area contributed by atoms with Gasteiger partial charge in [0.25, 0.3) is 0 Å². The van der Waals surface area contributed by atoms with E-state index < -0.39 is 11.5 Å². The number of methoxy groups -OCH3 is 1. The number of hydrogen-bond donors (Lipinski definition) is 2. The number of amides is 2. The van der Waals surface area contributed by atoms with E-state index >= 15 is 0 Å². The largest absolute Gasteiger partial charge is 0.481 e. The molecule has 1 aromatic rings. The van der Waals surface area contributed by atoms with Gasteiger partial charge in [-0.2, -0.15) is 0 Å². The van der Waals surface area contributed by atoms with E-state index in [0.29, 0.717) is 12.3 Å². The first-order chi connectivity index (χ1) is 9.85. The minimum Gasteiger partial charge on any atom is -0.481 e. The molecule has 0 aliphatic rings. The lowest BCUT2D eigenvalue weighted by Gasteiger charge is -2.30. The molecule has 0 atom stereocenters. The summed E-state index contributed by atoms with van der Waals surface area (Å²) in [7, 11) is 1.56. The van der Waals surface area contributed by atoms with Crippen molar-refractivity contribution >= 4 is 17.7 Å². The van der Waals surface area contributed by atoms with Gasteiger partial charge in [0.05, 0.1) is 18.6 Å². The Morgan fingerprint density at radius 1 is 1.29 bits per heavy atom. The highest BCUT2D eigenvalue weighted by atomic mass is 16.5. The zero-order valence-corrected chi connectivity index (χ0v) is 12.6. The molecule has 0 aliphatic heterocycles. The molecule has 2 N–H and O–H groups in total. The maximum absolute atomic E-state index is 12.4. The Bertz CT molecular complexity index is 474. The van der Waals surface area contributed by atoms with E-state index in [-0.39, 0.29) is 19.0 Å². The van der Waals surface area contributed by atoms with Crippen molar-refractivity contribution in [1.29, 1.82) is 0 Å². The zero-order valence-electron chi connectivity index (χ0n) is 12.6. The van der Waals surface area contributed by atoms with Gasteiger partial charge in [-0.25, -0.2) is 4.79 Å². The summed E-state index contributed by atoms with van der Waals surface area (Å²) in [4.78, 5) is 24.6. The van der Waals surface area contributed by atoms with E-state index in [9.17, 15) is 9.59 Å². The second kappa shape index (κ2) is 7.64. The van der Waals surface area contributed by atoms with Crippen molar-refractivity contribution in [2.45, 2.75) is 25.8 Å². The van der Waals surface area contributed by atoms with Crippen LogP contribution in [0.15, 0.2) is 30.3 Å². The predicted octanol–water partition coefficient (Wildman–Crippen LogP) is 2.10. The number of carbonyl (C=O) groups is 2. The van der Waals surface area contributed by atoms with Crippen LogP contribution in [0.3, 0.4) is 0 Å². The first kappa shape index (κ1) is 17.0. The van der Waals surface area contributed by atoms with Crippen LogP contribution in [0.5, 0.6) is 0 Å². The van der Waals surface area contributed by atoms with Crippen molar-refractivity contribution in [1.82, 2.24) is 5.32 Å². The van der Waals surface area contributed by atoms with Gasteiger partial charge in [-0.3, -0.25) is 9.69 Å². The third-order valence-electron chi connectivity index (χ3n) is 2.81. The minimum atomic E-state index is -0.945. The smallest absolute Gasteiger partial charge is 0.322 e. The first-order valence-electron chi connectivity index (χ1n) is 6.71. The molecule has 0 heterocycles. The number of carbonyl (C=O) groups excluding carboxylic acids is 1. The maximum atomic E-state index is 12.4. The Kier molecular flexibility index (Phi) is 6.17. The van der Waals surface area contributed by atoms with Crippen LogP contribution in [0.4, 0.5) is 10.5 Å². The average Bonchev–Trinajstić information content (AvgIpc) is 2.39. The molecule has 6 nitrogen and oxygen atoms in total. The third-order valence-corrected chi connectivity index (χ3v) is 2.81. The van der Waals surface area contributed by atoms with E-state index in [1.807, 2.05) is 19.9 Å². The van der Waals surface area contributed by atoms with Crippen molar-refractivity contribution in [3.8, 4) is 0 Å². The highest BCUT2D eigenvalue weighted by molar-refractivity contribution is 5.92. The molecule has 0 saturated heterocycles. The molecule has 0 bridgehead atoms. The van der Waals surface area contributed by atoms with Crippen LogP contribution in [0, 0.1) is 0 Å². The molecule has 6 heteroatoms. The van der Waals surface area contributed by atoms with Crippen LogP contribution < -0.4 is 10.2 Å². The number of aliphatic carboxylic acids is 1. The van der Waals surface area contributed by atoms with Gasteiger partial charge in [-0.15, -0.1) is 0 Å². The van der Waals surface area contributed by atoms with Crippen molar-refractivity contribution in [2.24, 2.45) is 0 Å². The molecule has 0 saturated carbocycles. The van der Waals surface area contributed by atoms with E-state index in [4.69, 9.17) is 9.84 Å². The fourth-order valence-corrected chi connectivity index (χ4v) is 1.92. The standard InChI is InChI=1S/C15H22N2O4/c1-15(2,11-21-3)16-14(20)17(10-9-13(18)19)12-7-5-4-6-8-12/h4-8H,9-11H2,1-3H3,(H,16,20)(H,18,19). The number of carboxylic acid groups (broad SMARTS) is 1. The Morgan fingerprint density at radius 3 is 2.43 bits per heavy atom. The lowest BCUT2D eigenvalue weighted by molar-refractivity contribution is -0.136. The van der Waals surface area contributed by atoms with Crippen LogP contribution in [-0.4, -0.2) is 42.9 Å². The second-order valence-electron chi connectivity index (χ2n) is 5.38. The number of nitrogens with one attached hydrogen (secondary N) is 1. The summed E-state index contributed by atoms with van der Waals surface area (Å²) in [5, 5.41) is 11.7. The van der Waals surface area contributed by atoms with Crippen LogP contribution in [-0.2, 0) is 9.53 Å². The molecule has 0 aliphatic carbocycles. The summed E-state index contributed by atoms with van der Waals surface area (Å²) < 4.78 is 5.06. The summed E-state index contributed by atoms with van der Waals surface area (Å²) >= 11 is 0. The zero-order chi connectivity index (χ0) is 15.9. The molecular weight excluding hydrogens is 272 g/mol. The van der Waals surface area contributed by atoms with Gasteiger partial charge < -0.3 is 15.2 Å². The number of nitrogens with zero attached hydrogens (tertiary/aromatic N) is 1. The Hall–Kier alpha value is -2.08. The van der Waals surface area contributed by atoms with E-state index in [2.05, 4.69) is 5.32 Å². The SMILES string of the molecule is COCC(C)(C)NC(=O)N(CCC(=O)O)c1ccccc1. The quantitative estimate of drug-likeness (QED) is 0.807. The normalized spacial score (nSPS) is 11.0. The molecule has 1 aromatic carbocycles. The average molecular weight is 294 g/mol. The van der Waals surface area contributed by atoms with E-state index in [1.54, 1.807) is 31.4 Å². The van der Waals surface area contributed by atoms with Gasteiger partial charge in [0, 0.05) is 19.3 Å². The van der Waals surface area contributed by atoms with Crippen molar-refractivity contribution in [3.05, 3.63) is 30.3 Å². The number of urea groups is 1. The van der Waals surface area contributed by atoms with Crippen LogP contribution in [0.25, 0.3) is 0 Å². The number of rotatable bonds is 7. The van der Waals surface area contributed by atoms with Gasteiger partial charge in [-0.05, 0) is 26.0 Å². The van der Waals surface area contributed by atoms with Crippen LogP contribution in [0.1, 0.15) is 20.3 Å². The van der Waals surface area contributed by atoms with Gasteiger partial charge in [0.2, 0.25) is 0 Å². The second-order valence-corrected chi connectivity index (χ2v) is 5.38. The molecule has 0 unspecified atom stereocenters. The number of carboxylic acids is 1. The Labute approximate surface area is 124 Å². The fourth-order valence-electron chi connectivity index (χ4n) is 1.92. The van der Waals surface area contributed by atoms with Crippen molar-refractivity contribution < 1.29 is 19.4 Å². The van der Waals surface area contributed by atoms with Crippen LogP contribution >= 0.6 is 0 Å². The summed E-state index contributed by atoms with van der Waals surface area (Å²) in [6.07, 6.45) is -0.118. The molecule has 2 amide bonds. The van der Waals surface area contributed by atoms with Crippen LogP contribution in [0.2, 0.25) is 0 Å². The topological polar surface area (TPSA) is 78.9 Å². The predicted molar refractivity (Wildman–Crippen MR) is 80.5 cm³/mol. The lowest BCUT2D eigenvalue weighted by Crippen LogP contribution is -2.52. The van der Waals surface area contributed by atoms with E-state index in [1.165, 1.54) is 4.90 Å². The molecule has 1 rings (SSSR count). The summed E-state index contributed by atoms with van der Waals surface area (Å²) in [5.74, 6) is -0.945. The van der Waals surface area contributed by atoms with Gasteiger partial charge in [0.1, 0.15) is 0 Å². The number of anilines is 1. The summed E-state index contributed by atoms with van der Waals surface area (Å²) in [6.45, 7) is 4.15. The third kappa shape index (κ3) is 5.83. The highest BCUT2D eigenvalue weighted by Crippen LogP contribution is 2.15. The van der Waals surface area contributed by atoms with Gasteiger partial charge >= 0.3 is 12.0 Å². The summed E-state index contributed by atoms with van der Waals surface area (Å²) in [5.41, 5.74) is 0.117. The number of benzene rings is 1. The lowest BCUT2D eigenvalue weighted by atomic mass is 10.1. The molecule has 0 aromatic heterocycles.